The molecule has 5 heteroatoms. The van der Waals surface area contributed by atoms with E-state index >= 15 is 0 Å². The molecule has 0 atom stereocenters. The third kappa shape index (κ3) is 3.69. The smallest absolute Gasteiger partial charge is 0.183 e. The summed E-state index contributed by atoms with van der Waals surface area (Å²) >= 11 is 0. The van der Waals surface area contributed by atoms with Crippen molar-refractivity contribution in [1.82, 2.24) is 0 Å². The van der Waals surface area contributed by atoms with E-state index in [4.69, 9.17) is 10.00 Å². The molecule has 0 heterocycles. The first-order chi connectivity index (χ1) is 10.1. The number of anilines is 1. The van der Waals surface area contributed by atoms with Gasteiger partial charge in [0.05, 0.1) is 11.3 Å². The van der Waals surface area contributed by atoms with Crippen LogP contribution in [0.25, 0.3) is 0 Å². The van der Waals surface area contributed by atoms with Crippen LogP contribution in [-0.2, 0) is 0 Å². The van der Waals surface area contributed by atoms with Crippen molar-refractivity contribution in [3.05, 3.63) is 59.2 Å². The van der Waals surface area contributed by atoms with Crippen LogP contribution in [0.5, 0.6) is 5.75 Å². The molecule has 0 aliphatic carbocycles. The van der Waals surface area contributed by atoms with Crippen LogP contribution in [0.3, 0.4) is 0 Å². The van der Waals surface area contributed by atoms with E-state index in [1.54, 1.807) is 6.07 Å². The molecule has 0 radical (unpaired) electrons. The van der Waals surface area contributed by atoms with Crippen LogP contribution in [0, 0.1) is 29.9 Å². The summed E-state index contributed by atoms with van der Waals surface area (Å²) in [5.41, 5.74) is 0.786. The molecule has 0 bridgehead atoms. The molecule has 2 aromatic rings. The Morgan fingerprint density at radius 2 is 2.00 bits per heavy atom. The first-order valence-electron chi connectivity index (χ1n) is 6.43. The van der Waals surface area contributed by atoms with E-state index in [0.29, 0.717) is 13.2 Å². The van der Waals surface area contributed by atoms with Gasteiger partial charge in [-0.1, -0.05) is 12.1 Å². The van der Waals surface area contributed by atoms with Gasteiger partial charge in [0.25, 0.3) is 0 Å². The fourth-order valence-corrected chi connectivity index (χ4v) is 1.83. The van der Waals surface area contributed by atoms with Gasteiger partial charge >= 0.3 is 0 Å². The van der Waals surface area contributed by atoms with Gasteiger partial charge in [0.2, 0.25) is 0 Å². The molecule has 0 saturated heterocycles. The van der Waals surface area contributed by atoms with E-state index < -0.39 is 11.6 Å². The van der Waals surface area contributed by atoms with E-state index in [1.807, 2.05) is 31.2 Å². The zero-order chi connectivity index (χ0) is 15.2. The van der Waals surface area contributed by atoms with Gasteiger partial charge < -0.3 is 10.1 Å². The summed E-state index contributed by atoms with van der Waals surface area (Å²) in [4.78, 5) is 0. The minimum Gasteiger partial charge on any atom is -0.492 e. The molecule has 0 aromatic heterocycles. The lowest BCUT2D eigenvalue weighted by Gasteiger charge is -2.10. The molecule has 0 unspecified atom stereocenters. The van der Waals surface area contributed by atoms with Crippen LogP contribution in [0.1, 0.15) is 11.1 Å². The number of hydrogen-bond acceptors (Lipinski definition) is 3. The summed E-state index contributed by atoms with van der Waals surface area (Å²) < 4.78 is 32.5. The van der Waals surface area contributed by atoms with Gasteiger partial charge in [-0.15, -0.1) is 0 Å². The van der Waals surface area contributed by atoms with E-state index in [9.17, 15) is 8.78 Å². The fraction of sp³-hybridized carbons (Fsp3) is 0.188. The third-order valence-corrected chi connectivity index (χ3v) is 2.88. The number of benzene rings is 2. The summed E-state index contributed by atoms with van der Waals surface area (Å²) in [6.07, 6.45) is 0. The van der Waals surface area contributed by atoms with Crippen LogP contribution in [-0.4, -0.2) is 13.2 Å². The highest BCUT2D eigenvalue weighted by atomic mass is 19.2. The number of ether oxygens (including phenoxy) is 1. The van der Waals surface area contributed by atoms with Crippen LogP contribution >= 0.6 is 0 Å². The molecule has 1 N–H and O–H groups in total. The Morgan fingerprint density at radius 1 is 1.19 bits per heavy atom. The van der Waals surface area contributed by atoms with Crippen LogP contribution in [0.4, 0.5) is 14.5 Å². The Bertz CT molecular complexity index is 680. The Hall–Kier alpha value is -2.61. The minimum atomic E-state index is -1.14. The second-order valence-corrected chi connectivity index (χ2v) is 4.49. The summed E-state index contributed by atoms with van der Waals surface area (Å²) in [6.45, 7) is 2.58. The van der Waals surface area contributed by atoms with E-state index in [-0.39, 0.29) is 11.3 Å². The number of nitrogens with zero attached hydrogens (tertiary/aromatic N) is 1. The Balaban J connectivity index is 1.90. The topological polar surface area (TPSA) is 45.0 Å². The lowest BCUT2D eigenvalue weighted by Crippen LogP contribution is -2.13. The van der Waals surface area contributed by atoms with Crippen molar-refractivity contribution in [2.45, 2.75) is 6.92 Å². The predicted octanol–water partition coefficient (Wildman–Crippen LogP) is 3.64. The van der Waals surface area contributed by atoms with Crippen molar-refractivity contribution in [3.63, 3.8) is 0 Å². The zero-order valence-electron chi connectivity index (χ0n) is 11.5. The Kier molecular flexibility index (Phi) is 4.72. The van der Waals surface area contributed by atoms with Crippen LogP contribution < -0.4 is 10.1 Å². The normalized spacial score (nSPS) is 10.0. The third-order valence-electron chi connectivity index (χ3n) is 2.88. The maximum atomic E-state index is 13.6. The second kappa shape index (κ2) is 6.71. The molecule has 2 rings (SSSR count). The number of aryl methyl sites for hydroxylation is 1. The van der Waals surface area contributed by atoms with E-state index in [2.05, 4.69) is 5.32 Å². The van der Waals surface area contributed by atoms with Crippen molar-refractivity contribution >= 4 is 5.69 Å². The highest BCUT2D eigenvalue weighted by molar-refractivity contribution is 5.49. The highest BCUT2D eigenvalue weighted by Crippen LogP contribution is 2.20. The van der Waals surface area contributed by atoms with Gasteiger partial charge in [-0.2, -0.15) is 5.26 Å². The molecule has 0 amide bonds. The molecule has 2 aromatic carbocycles. The number of halogens is 2. The predicted molar refractivity (Wildman–Crippen MR) is 76.2 cm³/mol. The van der Waals surface area contributed by atoms with Crippen molar-refractivity contribution in [2.24, 2.45) is 0 Å². The SMILES string of the molecule is Cc1cccc(OCCNc2ccc(C#N)c(F)c2F)c1. The molecule has 0 saturated carbocycles. The average molecular weight is 288 g/mol. The monoisotopic (exact) mass is 288 g/mol. The van der Waals surface area contributed by atoms with Crippen molar-refractivity contribution in [2.75, 3.05) is 18.5 Å². The molecule has 0 aliphatic rings. The summed E-state index contributed by atoms with van der Waals surface area (Å²) in [7, 11) is 0. The van der Waals surface area contributed by atoms with Gasteiger partial charge in [-0.25, -0.2) is 8.78 Å². The van der Waals surface area contributed by atoms with Crippen molar-refractivity contribution in [3.8, 4) is 11.8 Å². The molecular formula is C16H14F2N2O. The molecule has 3 nitrogen and oxygen atoms in total. The fourth-order valence-electron chi connectivity index (χ4n) is 1.83. The van der Waals surface area contributed by atoms with Crippen molar-refractivity contribution < 1.29 is 13.5 Å². The van der Waals surface area contributed by atoms with Gasteiger partial charge in [0.15, 0.2) is 11.6 Å². The Labute approximate surface area is 121 Å². The van der Waals surface area contributed by atoms with E-state index in [0.717, 1.165) is 11.3 Å². The van der Waals surface area contributed by atoms with Gasteiger partial charge in [0.1, 0.15) is 18.4 Å². The Morgan fingerprint density at radius 3 is 2.71 bits per heavy atom. The van der Waals surface area contributed by atoms with Crippen molar-refractivity contribution in [1.29, 1.82) is 5.26 Å². The first-order valence-corrected chi connectivity index (χ1v) is 6.43. The maximum absolute atomic E-state index is 13.6. The number of hydrogen-bond donors (Lipinski definition) is 1. The van der Waals surface area contributed by atoms with Gasteiger partial charge in [-0.3, -0.25) is 0 Å². The molecule has 0 fully saturated rings. The molecule has 21 heavy (non-hydrogen) atoms. The lowest BCUT2D eigenvalue weighted by atomic mass is 10.2. The van der Waals surface area contributed by atoms with Gasteiger partial charge in [0, 0.05) is 6.54 Å². The molecule has 108 valence electrons. The van der Waals surface area contributed by atoms with Crippen LogP contribution in [0.15, 0.2) is 36.4 Å². The van der Waals surface area contributed by atoms with Gasteiger partial charge in [-0.05, 0) is 36.8 Å². The second-order valence-electron chi connectivity index (χ2n) is 4.49. The molecule has 0 spiro atoms. The standard InChI is InChI=1S/C16H14F2N2O/c1-11-3-2-4-13(9-11)21-8-7-20-14-6-5-12(10-19)15(17)16(14)18/h2-6,9,20H,7-8H2,1H3. The maximum Gasteiger partial charge on any atom is 0.183 e. The molecule has 0 aliphatic heterocycles. The lowest BCUT2D eigenvalue weighted by molar-refractivity contribution is 0.332. The zero-order valence-corrected chi connectivity index (χ0v) is 11.5. The van der Waals surface area contributed by atoms with Crippen LogP contribution in [0.2, 0.25) is 0 Å². The number of rotatable bonds is 5. The number of nitrogens with one attached hydrogen (secondary N) is 1. The quantitative estimate of drug-likeness (QED) is 0.854. The summed E-state index contributed by atoms with van der Waals surface area (Å²) in [6, 6.07) is 11.7. The average Bonchev–Trinajstić information content (AvgIpc) is 2.48. The number of nitriles is 1. The summed E-state index contributed by atoms with van der Waals surface area (Å²) in [5, 5.41) is 11.3. The molecular weight excluding hydrogens is 274 g/mol. The first kappa shape index (κ1) is 14.8. The largest absolute Gasteiger partial charge is 0.492 e. The highest BCUT2D eigenvalue weighted by Gasteiger charge is 2.12. The summed E-state index contributed by atoms with van der Waals surface area (Å²) in [5.74, 6) is -1.46. The minimum absolute atomic E-state index is 0.0133. The van der Waals surface area contributed by atoms with E-state index in [1.165, 1.54) is 12.1 Å².